The van der Waals surface area contributed by atoms with E-state index < -0.39 is 10.0 Å². The van der Waals surface area contributed by atoms with E-state index in [9.17, 15) is 8.42 Å². The molecule has 0 spiro atoms. The van der Waals surface area contributed by atoms with Crippen molar-refractivity contribution in [3.8, 4) is 11.5 Å². The number of halogens is 1. The van der Waals surface area contributed by atoms with Crippen molar-refractivity contribution in [3.05, 3.63) is 52.7 Å². The third-order valence-corrected chi connectivity index (χ3v) is 4.64. The van der Waals surface area contributed by atoms with Gasteiger partial charge in [0.15, 0.2) is 5.76 Å². The van der Waals surface area contributed by atoms with Gasteiger partial charge in [-0.2, -0.15) is 8.42 Å². The van der Waals surface area contributed by atoms with Gasteiger partial charge >= 0.3 is 0 Å². The lowest BCUT2D eigenvalue weighted by atomic mass is 10.2. The number of aromatic nitrogens is 1. The molecule has 3 rings (SSSR count). The van der Waals surface area contributed by atoms with Gasteiger partial charge in [0.25, 0.3) is 10.0 Å². The smallest absolute Gasteiger partial charge is 0.295 e. The highest BCUT2D eigenvalue weighted by Gasteiger charge is 2.21. The molecule has 0 aliphatic heterocycles. The van der Waals surface area contributed by atoms with Crippen LogP contribution in [-0.2, 0) is 10.0 Å². The Balaban J connectivity index is 1.89. The SMILES string of the molecule is Cc1ccc(NS(=O)(=O)c2ccc(-c3cc(C)no3)o2)c(Cl)c1. The Hall–Kier alpha value is -2.25. The Morgan fingerprint density at radius 1 is 1.09 bits per heavy atom. The van der Waals surface area contributed by atoms with Gasteiger partial charge in [-0.1, -0.05) is 22.8 Å². The van der Waals surface area contributed by atoms with E-state index in [0.29, 0.717) is 16.5 Å². The molecule has 0 radical (unpaired) electrons. The summed E-state index contributed by atoms with van der Waals surface area (Å²) in [5, 5.41) is 3.81. The van der Waals surface area contributed by atoms with Crippen molar-refractivity contribution in [2.45, 2.75) is 18.9 Å². The Morgan fingerprint density at radius 3 is 2.52 bits per heavy atom. The first-order chi connectivity index (χ1) is 10.8. The minimum Gasteiger partial charge on any atom is -0.439 e. The number of sulfonamides is 1. The van der Waals surface area contributed by atoms with Gasteiger partial charge in [0.2, 0.25) is 10.9 Å². The van der Waals surface area contributed by atoms with Crippen LogP contribution in [0, 0.1) is 13.8 Å². The summed E-state index contributed by atoms with van der Waals surface area (Å²) in [6, 6.07) is 9.53. The van der Waals surface area contributed by atoms with E-state index in [4.69, 9.17) is 20.5 Å². The van der Waals surface area contributed by atoms with Crippen molar-refractivity contribution in [1.29, 1.82) is 0 Å². The van der Waals surface area contributed by atoms with Crippen molar-refractivity contribution in [2.75, 3.05) is 4.72 Å². The number of aryl methyl sites for hydroxylation is 2. The molecule has 2 heterocycles. The quantitative estimate of drug-likeness (QED) is 0.766. The Labute approximate surface area is 138 Å². The van der Waals surface area contributed by atoms with Gasteiger partial charge in [-0.05, 0) is 43.7 Å². The van der Waals surface area contributed by atoms with Gasteiger partial charge < -0.3 is 8.94 Å². The molecule has 3 aromatic rings. The molecule has 0 amide bonds. The third-order valence-electron chi connectivity index (χ3n) is 3.09. The summed E-state index contributed by atoms with van der Waals surface area (Å²) in [5.41, 5.74) is 1.88. The number of hydrogen-bond donors (Lipinski definition) is 1. The summed E-state index contributed by atoms with van der Waals surface area (Å²) in [7, 11) is -3.89. The van der Waals surface area contributed by atoms with Gasteiger partial charge in [-0.25, -0.2) is 0 Å². The number of hydrogen-bond acceptors (Lipinski definition) is 5. The van der Waals surface area contributed by atoms with Crippen molar-refractivity contribution in [1.82, 2.24) is 5.16 Å². The number of anilines is 1. The van der Waals surface area contributed by atoms with Gasteiger partial charge in [0.05, 0.1) is 16.4 Å². The molecule has 120 valence electrons. The van der Waals surface area contributed by atoms with Crippen molar-refractivity contribution in [2.24, 2.45) is 0 Å². The lowest BCUT2D eigenvalue weighted by Crippen LogP contribution is -2.12. The molecule has 0 saturated carbocycles. The molecular formula is C15H13ClN2O4S. The van der Waals surface area contributed by atoms with Gasteiger partial charge in [0, 0.05) is 6.07 Å². The molecule has 0 bridgehead atoms. The first-order valence-corrected chi connectivity index (χ1v) is 8.54. The highest BCUT2D eigenvalue weighted by Crippen LogP contribution is 2.28. The molecule has 23 heavy (non-hydrogen) atoms. The maximum atomic E-state index is 12.4. The Kier molecular flexibility index (Phi) is 3.91. The molecular weight excluding hydrogens is 340 g/mol. The molecule has 0 aliphatic carbocycles. The summed E-state index contributed by atoms with van der Waals surface area (Å²) in [6.07, 6.45) is 0. The number of nitrogens with one attached hydrogen (secondary N) is 1. The van der Waals surface area contributed by atoms with Crippen molar-refractivity contribution < 1.29 is 17.4 Å². The number of nitrogens with zero attached hydrogens (tertiary/aromatic N) is 1. The molecule has 0 unspecified atom stereocenters. The highest BCUT2D eigenvalue weighted by molar-refractivity contribution is 7.92. The topological polar surface area (TPSA) is 85.3 Å². The Bertz CT molecular complexity index is 960. The number of furan rings is 1. The van der Waals surface area contributed by atoms with E-state index >= 15 is 0 Å². The minimum absolute atomic E-state index is 0.238. The van der Waals surface area contributed by atoms with E-state index in [1.807, 2.05) is 6.92 Å². The van der Waals surface area contributed by atoms with Crippen molar-refractivity contribution in [3.63, 3.8) is 0 Å². The average molecular weight is 353 g/mol. The molecule has 1 aromatic carbocycles. The molecule has 0 saturated heterocycles. The van der Waals surface area contributed by atoms with Crippen LogP contribution in [0.1, 0.15) is 11.3 Å². The zero-order valence-electron chi connectivity index (χ0n) is 12.3. The maximum Gasteiger partial charge on any atom is 0.295 e. The lowest BCUT2D eigenvalue weighted by molar-refractivity contribution is 0.398. The van der Waals surface area contributed by atoms with Crippen LogP contribution in [0.2, 0.25) is 5.02 Å². The zero-order valence-corrected chi connectivity index (χ0v) is 13.9. The molecule has 0 atom stereocenters. The summed E-state index contributed by atoms with van der Waals surface area (Å²) >= 11 is 6.05. The van der Waals surface area contributed by atoms with E-state index in [2.05, 4.69) is 9.88 Å². The van der Waals surface area contributed by atoms with Crippen LogP contribution in [0.5, 0.6) is 0 Å². The first kappa shape index (κ1) is 15.6. The fraction of sp³-hybridized carbons (Fsp3) is 0.133. The fourth-order valence-electron chi connectivity index (χ4n) is 1.97. The molecule has 6 nitrogen and oxygen atoms in total. The summed E-state index contributed by atoms with van der Waals surface area (Å²) in [4.78, 5) is 0. The highest BCUT2D eigenvalue weighted by atomic mass is 35.5. The van der Waals surface area contributed by atoms with Crippen LogP contribution in [0.4, 0.5) is 5.69 Å². The second-order valence-electron chi connectivity index (χ2n) is 5.04. The van der Waals surface area contributed by atoms with Gasteiger partial charge in [0.1, 0.15) is 0 Å². The fourth-order valence-corrected chi connectivity index (χ4v) is 3.33. The molecule has 2 aromatic heterocycles. The second-order valence-corrected chi connectivity index (χ2v) is 7.06. The lowest BCUT2D eigenvalue weighted by Gasteiger charge is -2.08. The van der Waals surface area contributed by atoms with Crippen LogP contribution in [0.15, 0.2) is 50.4 Å². The van der Waals surface area contributed by atoms with E-state index in [0.717, 1.165) is 5.56 Å². The van der Waals surface area contributed by atoms with Crippen LogP contribution in [0.3, 0.4) is 0 Å². The van der Waals surface area contributed by atoms with E-state index in [1.54, 1.807) is 31.2 Å². The normalized spacial score (nSPS) is 11.6. The number of benzene rings is 1. The van der Waals surface area contributed by atoms with E-state index in [-0.39, 0.29) is 16.5 Å². The standard InChI is InChI=1S/C15H13ClN2O4S/c1-9-3-4-12(11(16)7-9)18-23(19,20)15-6-5-13(21-15)14-8-10(2)17-22-14/h3-8,18H,1-2H3. The van der Waals surface area contributed by atoms with Crippen LogP contribution in [0.25, 0.3) is 11.5 Å². The molecule has 0 aliphatic rings. The van der Waals surface area contributed by atoms with Crippen LogP contribution >= 0.6 is 11.6 Å². The van der Waals surface area contributed by atoms with E-state index in [1.165, 1.54) is 12.1 Å². The summed E-state index contributed by atoms with van der Waals surface area (Å²) in [5.74, 6) is 0.637. The second kappa shape index (κ2) is 5.75. The monoisotopic (exact) mass is 352 g/mol. The van der Waals surface area contributed by atoms with Crippen LogP contribution in [-0.4, -0.2) is 13.6 Å². The maximum absolute atomic E-state index is 12.4. The molecule has 8 heteroatoms. The minimum atomic E-state index is -3.89. The Morgan fingerprint density at radius 2 is 1.87 bits per heavy atom. The number of rotatable bonds is 4. The summed E-state index contributed by atoms with van der Waals surface area (Å²) < 4.78 is 37.6. The third kappa shape index (κ3) is 3.25. The van der Waals surface area contributed by atoms with Crippen molar-refractivity contribution >= 4 is 27.3 Å². The zero-order chi connectivity index (χ0) is 16.6. The van der Waals surface area contributed by atoms with Gasteiger partial charge in [-0.3, -0.25) is 4.72 Å². The van der Waals surface area contributed by atoms with Crippen LogP contribution < -0.4 is 4.72 Å². The molecule has 1 N–H and O–H groups in total. The molecule has 0 fully saturated rings. The van der Waals surface area contributed by atoms with Gasteiger partial charge in [-0.15, -0.1) is 0 Å². The predicted molar refractivity (Wildman–Crippen MR) is 85.9 cm³/mol. The predicted octanol–water partition coefficient (Wildman–Crippen LogP) is 4.01. The average Bonchev–Trinajstić information content (AvgIpc) is 3.10. The largest absolute Gasteiger partial charge is 0.439 e. The first-order valence-electron chi connectivity index (χ1n) is 6.68. The summed E-state index contributed by atoms with van der Waals surface area (Å²) in [6.45, 7) is 3.62.